The molecule has 108 valence electrons. The molecular formula is C14H28S4. The fourth-order valence-corrected chi connectivity index (χ4v) is 6.21. The Balaban J connectivity index is 4.59. The van der Waals surface area contributed by atoms with Crippen molar-refractivity contribution in [1.29, 1.82) is 0 Å². The van der Waals surface area contributed by atoms with E-state index in [1.807, 2.05) is 0 Å². The molecule has 0 aromatic rings. The fourth-order valence-electron chi connectivity index (χ4n) is 1.10. The summed E-state index contributed by atoms with van der Waals surface area (Å²) in [5, 5.41) is 0. The van der Waals surface area contributed by atoms with Crippen LogP contribution in [0.15, 0.2) is 8.47 Å². The van der Waals surface area contributed by atoms with Gasteiger partial charge in [0.15, 0.2) is 0 Å². The summed E-state index contributed by atoms with van der Waals surface area (Å²) in [6.07, 6.45) is 5.08. The molecule has 0 aliphatic carbocycles. The van der Waals surface area contributed by atoms with Crippen LogP contribution in [0.4, 0.5) is 0 Å². The van der Waals surface area contributed by atoms with Gasteiger partial charge in [-0.15, -0.1) is 47.0 Å². The summed E-state index contributed by atoms with van der Waals surface area (Å²) in [5.41, 5.74) is 0. The maximum atomic E-state index is 2.27. The Morgan fingerprint density at radius 1 is 0.500 bits per heavy atom. The minimum Gasteiger partial charge on any atom is -0.118 e. The normalized spacial score (nSPS) is 10.7. The second-order valence-corrected chi connectivity index (χ2v) is 8.91. The minimum absolute atomic E-state index is 1.26. The van der Waals surface area contributed by atoms with Crippen LogP contribution in [-0.4, -0.2) is 23.0 Å². The van der Waals surface area contributed by atoms with Crippen molar-refractivity contribution in [3.05, 3.63) is 8.47 Å². The molecule has 0 saturated heterocycles. The summed E-state index contributed by atoms with van der Waals surface area (Å²) in [5.74, 6) is 5.04. The second kappa shape index (κ2) is 14.5. The zero-order valence-corrected chi connectivity index (χ0v) is 15.6. The van der Waals surface area contributed by atoms with Crippen LogP contribution in [0.1, 0.15) is 53.4 Å². The third kappa shape index (κ3) is 9.99. The van der Waals surface area contributed by atoms with Gasteiger partial charge in [0.25, 0.3) is 0 Å². The Hall–Kier alpha value is 1.14. The van der Waals surface area contributed by atoms with Gasteiger partial charge in [0.2, 0.25) is 0 Å². The van der Waals surface area contributed by atoms with Gasteiger partial charge in [0.1, 0.15) is 0 Å². The molecule has 0 atom stereocenters. The van der Waals surface area contributed by atoms with Crippen molar-refractivity contribution in [1.82, 2.24) is 0 Å². The average molecular weight is 325 g/mol. The Kier molecular flexibility index (Phi) is 15.5. The van der Waals surface area contributed by atoms with Crippen molar-refractivity contribution in [2.24, 2.45) is 0 Å². The molecule has 0 fully saturated rings. The van der Waals surface area contributed by atoms with E-state index in [0.29, 0.717) is 0 Å². The highest BCUT2D eigenvalue weighted by Gasteiger charge is 2.09. The summed E-state index contributed by atoms with van der Waals surface area (Å²) < 4.78 is 3.19. The molecule has 0 rings (SSSR count). The first-order valence-corrected chi connectivity index (χ1v) is 11.0. The highest BCUT2D eigenvalue weighted by molar-refractivity contribution is 8.28. The van der Waals surface area contributed by atoms with E-state index in [2.05, 4.69) is 74.7 Å². The summed E-state index contributed by atoms with van der Waals surface area (Å²) in [4.78, 5) is 0. The predicted molar refractivity (Wildman–Crippen MR) is 98.0 cm³/mol. The van der Waals surface area contributed by atoms with Crippen LogP contribution in [-0.2, 0) is 0 Å². The first kappa shape index (κ1) is 19.1. The molecule has 0 nitrogen and oxygen atoms in total. The molecule has 0 amide bonds. The number of hydrogen-bond acceptors (Lipinski definition) is 4. The third-order valence-electron chi connectivity index (χ3n) is 1.92. The van der Waals surface area contributed by atoms with Crippen LogP contribution in [0.2, 0.25) is 0 Å². The van der Waals surface area contributed by atoms with E-state index in [0.717, 1.165) is 0 Å². The maximum Gasteiger partial charge on any atom is 0.0602 e. The van der Waals surface area contributed by atoms with Crippen LogP contribution in [0.3, 0.4) is 0 Å². The molecule has 0 unspecified atom stereocenters. The molecule has 0 saturated carbocycles. The van der Waals surface area contributed by atoms with Gasteiger partial charge in [0, 0.05) is 0 Å². The minimum atomic E-state index is 1.26. The molecule has 0 radical (unpaired) electrons. The van der Waals surface area contributed by atoms with Crippen LogP contribution in [0.5, 0.6) is 0 Å². The average Bonchev–Trinajstić information content (AvgIpc) is 2.40. The highest BCUT2D eigenvalue weighted by atomic mass is 32.2. The Bertz CT molecular complexity index is 172. The van der Waals surface area contributed by atoms with E-state index < -0.39 is 0 Å². The number of thioether (sulfide) groups is 4. The largest absolute Gasteiger partial charge is 0.118 e. The molecule has 0 aromatic carbocycles. The summed E-state index contributed by atoms with van der Waals surface area (Å²) in [6.45, 7) is 9.08. The molecule has 4 heteroatoms. The SMILES string of the molecule is CCCSC(SCCC)=C(SCCC)SCCC. The van der Waals surface area contributed by atoms with E-state index in [9.17, 15) is 0 Å². The lowest BCUT2D eigenvalue weighted by Crippen LogP contribution is -1.87. The zero-order valence-electron chi connectivity index (χ0n) is 12.3. The number of hydrogen-bond donors (Lipinski definition) is 0. The first-order valence-electron chi connectivity index (χ1n) is 7.05. The van der Waals surface area contributed by atoms with Gasteiger partial charge in [-0.05, 0) is 48.7 Å². The van der Waals surface area contributed by atoms with Gasteiger partial charge in [0.05, 0.1) is 8.47 Å². The summed E-state index contributed by atoms with van der Waals surface area (Å²) in [6, 6.07) is 0. The molecular weight excluding hydrogens is 296 g/mol. The van der Waals surface area contributed by atoms with E-state index in [4.69, 9.17) is 0 Å². The highest BCUT2D eigenvalue weighted by Crippen LogP contribution is 2.43. The van der Waals surface area contributed by atoms with E-state index >= 15 is 0 Å². The summed E-state index contributed by atoms with van der Waals surface area (Å²) in [7, 11) is 0. The van der Waals surface area contributed by atoms with Gasteiger partial charge in [-0.3, -0.25) is 0 Å². The Labute approximate surface area is 131 Å². The quantitative estimate of drug-likeness (QED) is 0.392. The van der Waals surface area contributed by atoms with Gasteiger partial charge < -0.3 is 0 Å². The predicted octanol–water partition coefficient (Wildman–Crippen LogP) is 6.69. The van der Waals surface area contributed by atoms with E-state index in [1.165, 1.54) is 48.7 Å². The zero-order chi connectivity index (χ0) is 13.6. The van der Waals surface area contributed by atoms with Gasteiger partial charge >= 0.3 is 0 Å². The summed E-state index contributed by atoms with van der Waals surface area (Å²) >= 11 is 8.29. The van der Waals surface area contributed by atoms with Crippen molar-refractivity contribution in [3.8, 4) is 0 Å². The maximum absolute atomic E-state index is 2.27. The third-order valence-corrected chi connectivity index (χ3v) is 8.16. The van der Waals surface area contributed by atoms with Crippen LogP contribution >= 0.6 is 47.0 Å². The van der Waals surface area contributed by atoms with Crippen molar-refractivity contribution >= 4 is 47.0 Å². The molecule has 0 heterocycles. The lowest BCUT2D eigenvalue weighted by molar-refractivity contribution is 1.10. The van der Waals surface area contributed by atoms with Crippen LogP contribution < -0.4 is 0 Å². The first-order chi connectivity index (χ1) is 8.79. The van der Waals surface area contributed by atoms with Crippen LogP contribution in [0, 0.1) is 0 Å². The monoisotopic (exact) mass is 324 g/mol. The lowest BCUT2D eigenvalue weighted by atomic mass is 10.6. The number of rotatable bonds is 12. The smallest absolute Gasteiger partial charge is 0.0602 e. The molecule has 0 aliphatic heterocycles. The van der Waals surface area contributed by atoms with Crippen LogP contribution in [0.25, 0.3) is 0 Å². The molecule has 18 heavy (non-hydrogen) atoms. The van der Waals surface area contributed by atoms with Crippen molar-refractivity contribution in [3.63, 3.8) is 0 Å². The Morgan fingerprint density at radius 2 is 0.722 bits per heavy atom. The molecule has 0 bridgehead atoms. The van der Waals surface area contributed by atoms with E-state index in [-0.39, 0.29) is 0 Å². The molecule has 0 aliphatic rings. The molecule has 0 spiro atoms. The van der Waals surface area contributed by atoms with Crippen molar-refractivity contribution in [2.45, 2.75) is 53.4 Å². The van der Waals surface area contributed by atoms with E-state index in [1.54, 1.807) is 8.47 Å². The second-order valence-electron chi connectivity index (χ2n) is 3.97. The Morgan fingerprint density at radius 3 is 0.889 bits per heavy atom. The van der Waals surface area contributed by atoms with Gasteiger partial charge in [-0.25, -0.2) is 0 Å². The fraction of sp³-hybridized carbons (Fsp3) is 0.857. The molecule has 0 N–H and O–H groups in total. The topological polar surface area (TPSA) is 0 Å². The van der Waals surface area contributed by atoms with Gasteiger partial charge in [-0.1, -0.05) is 27.7 Å². The van der Waals surface area contributed by atoms with Crippen molar-refractivity contribution in [2.75, 3.05) is 23.0 Å². The lowest BCUT2D eigenvalue weighted by Gasteiger charge is -2.13. The van der Waals surface area contributed by atoms with Crippen molar-refractivity contribution < 1.29 is 0 Å². The standard InChI is InChI=1S/C14H28S4/c1-5-9-15-13(16-10-6-2)14(17-11-7-3)18-12-8-4/h5-12H2,1-4H3. The van der Waals surface area contributed by atoms with Gasteiger partial charge in [-0.2, -0.15) is 0 Å². The molecule has 0 aromatic heterocycles.